The highest BCUT2D eigenvalue weighted by Crippen LogP contribution is 2.34. The van der Waals surface area contributed by atoms with E-state index in [-0.39, 0.29) is 12.6 Å². The summed E-state index contributed by atoms with van der Waals surface area (Å²) in [5.74, 6) is -0.657. The highest BCUT2D eigenvalue weighted by molar-refractivity contribution is 5.29. The molecular weight excluding hydrogens is 284 g/mol. The molecule has 1 saturated carbocycles. The normalized spacial score (nSPS) is 17.9. The fourth-order valence-electron chi connectivity index (χ4n) is 2.75. The minimum atomic E-state index is -4.69. The molecule has 0 heterocycles. The Labute approximate surface area is 121 Å². The minimum absolute atomic E-state index is 0.201. The Bertz CT molecular complexity index is 483. The van der Waals surface area contributed by atoms with Gasteiger partial charge in [0.15, 0.2) is 0 Å². The van der Waals surface area contributed by atoms with Gasteiger partial charge in [-0.05, 0) is 43.5 Å². The summed E-state index contributed by atoms with van der Waals surface area (Å²) < 4.78 is 51.7. The van der Waals surface area contributed by atoms with Crippen molar-refractivity contribution in [3.63, 3.8) is 0 Å². The van der Waals surface area contributed by atoms with Gasteiger partial charge in [-0.1, -0.05) is 12.5 Å². The van der Waals surface area contributed by atoms with E-state index in [9.17, 15) is 17.6 Å². The van der Waals surface area contributed by atoms with Crippen LogP contribution < -0.4 is 5.73 Å². The van der Waals surface area contributed by atoms with Gasteiger partial charge < -0.3 is 5.73 Å². The Morgan fingerprint density at radius 2 is 2.00 bits per heavy atom. The predicted molar refractivity (Wildman–Crippen MR) is 73.2 cm³/mol. The number of benzene rings is 1. The van der Waals surface area contributed by atoms with Crippen LogP contribution in [-0.4, -0.2) is 25.0 Å². The Morgan fingerprint density at radius 3 is 2.48 bits per heavy atom. The summed E-state index contributed by atoms with van der Waals surface area (Å²) in [7, 11) is 1.85. The summed E-state index contributed by atoms with van der Waals surface area (Å²) in [5.41, 5.74) is 4.91. The Hall–Kier alpha value is -1.14. The van der Waals surface area contributed by atoms with Crippen molar-refractivity contribution in [1.29, 1.82) is 0 Å². The van der Waals surface area contributed by atoms with Crippen LogP contribution in [0.1, 0.15) is 36.4 Å². The van der Waals surface area contributed by atoms with E-state index in [1.807, 2.05) is 11.9 Å². The van der Waals surface area contributed by atoms with Crippen LogP contribution in [0, 0.1) is 11.7 Å². The number of hydrogen-bond donors (Lipinski definition) is 1. The molecule has 1 aromatic rings. The average Bonchev–Trinajstić information content (AvgIpc) is 2.35. The van der Waals surface area contributed by atoms with Crippen LogP contribution in [-0.2, 0) is 6.18 Å². The van der Waals surface area contributed by atoms with Crippen molar-refractivity contribution in [2.24, 2.45) is 11.7 Å². The quantitative estimate of drug-likeness (QED) is 0.843. The summed E-state index contributed by atoms with van der Waals surface area (Å²) in [6, 6.07) is 2.81. The fraction of sp³-hybridized carbons (Fsp3) is 0.600. The van der Waals surface area contributed by atoms with Crippen molar-refractivity contribution in [1.82, 2.24) is 4.90 Å². The molecule has 1 aliphatic carbocycles. The molecule has 1 unspecified atom stereocenters. The molecule has 2 rings (SSSR count). The van der Waals surface area contributed by atoms with Crippen molar-refractivity contribution < 1.29 is 17.6 Å². The Kier molecular flexibility index (Phi) is 4.88. The average molecular weight is 304 g/mol. The van der Waals surface area contributed by atoms with Gasteiger partial charge in [0.2, 0.25) is 0 Å². The number of nitrogens with zero attached hydrogens (tertiary/aromatic N) is 1. The molecule has 0 aliphatic heterocycles. The first-order valence-corrected chi connectivity index (χ1v) is 7.10. The number of rotatable bonds is 5. The molecule has 0 spiro atoms. The minimum Gasteiger partial charge on any atom is -0.329 e. The van der Waals surface area contributed by atoms with Gasteiger partial charge in [-0.2, -0.15) is 13.2 Å². The van der Waals surface area contributed by atoms with E-state index in [1.165, 1.54) is 12.5 Å². The molecule has 21 heavy (non-hydrogen) atoms. The third kappa shape index (κ3) is 3.74. The Morgan fingerprint density at radius 1 is 1.33 bits per heavy atom. The molecule has 6 heteroatoms. The molecular formula is C15H20F4N2. The van der Waals surface area contributed by atoms with E-state index < -0.39 is 17.6 Å². The van der Waals surface area contributed by atoms with Crippen molar-refractivity contribution in [3.05, 3.63) is 35.1 Å². The molecule has 1 aromatic carbocycles. The smallest absolute Gasteiger partial charge is 0.329 e. The second kappa shape index (κ2) is 6.32. The fourth-order valence-corrected chi connectivity index (χ4v) is 2.75. The summed E-state index contributed by atoms with van der Waals surface area (Å²) in [6.45, 7) is 1.01. The van der Waals surface area contributed by atoms with E-state index in [1.54, 1.807) is 0 Å². The number of hydrogen-bond acceptors (Lipinski definition) is 2. The van der Waals surface area contributed by atoms with Gasteiger partial charge in [0.25, 0.3) is 0 Å². The van der Waals surface area contributed by atoms with E-state index in [2.05, 4.69) is 0 Å². The van der Waals surface area contributed by atoms with Crippen LogP contribution >= 0.6 is 0 Å². The zero-order valence-corrected chi connectivity index (χ0v) is 12.0. The Balaban J connectivity index is 2.20. The third-order valence-corrected chi connectivity index (χ3v) is 4.21. The van der Waals surface area contributed by atoms with Gasteiger partial charge in [-0.3, -0.25) is 4.90 Å². The van der Waals surface area contributed by atoms with Gasteiger partial charge in [0.05, 0.1) is 5.56 Å². The molecule has 118 valence electrons. The molecule has 2 N–H and O–H groups in total. The van der Waals surface area contributed by atoms with Crippen LogP contribution in [0.3, 0.4) is 0 Å². The highest BCUT2D eigenvalue weighted by atomic mass is 19.4. The lowest BCUT2D eigenvalue weighted by Crippen LogP contribution is -2.36. The third-order valence-electron chi connectivity index (χ3n) is 4.21. The lowest BCUT2D eigenvalue weighted by Gasteiger charge is -2.34. The van der Waals surface area contributed by atoms with Crippen LogP contribution in [0.4, 0.5) is 17.6 Å². The van der Waals surface area contributed by atoms with Crippen LogP contribution in [0.25, 0.3) is 0 Å². The highest BCUT2D eigenvalue weighted by Gasteiger charge is 2.35. The zero-order valence-electron chi connectivity index (χ0n) is 12.0. The summed E-state index contributed by atoms with van der Waals surface area (Å²) >= 11 is 0. The number of nitrogens with two attached hydrogens (primary N) is 1. The second-order valence-corrected chi connectivity index (χ2v) is 5.73. The molecule has 1 atom stereocenters. The van der Waals surface area contributed by atoms with Crippen molar-refractivity contribution >= 4 is 0 Å². The van der Waals surface area contributed by atoms with Crippen molar-refractivity contribution in [2.45, 2.75) is 31.5 Å². The summed E-state index contributed by atoms with van der Waals surface area (Å²) in [5, 5.41) is 0. The summed E-state index contributed by atoms with van der Waals surface area (Å²) in [6.07, 6.45) is -1.18. The van der Waals surface area contributed by atoms with E-state index in [4.69, 9.17) is 5.73 Å². The lowest BCUT2D eigenvalue weighted by atomic mass is 9.84. The van der Waals surface area contributed by atoms with Gasteiger partial charge in [0, 0.05) is 19.1 Å². The monoisotopic (exact) mass is 304 g/mol. The molecule has 1 fully saturated rings. The van der Waals surface area contributed by atoms with Crippen LogP contribution in [0.2, 0.25) is 0 Å². The van der Waals surface area contributed by atoms with Crippen LogP contribution in [0.5, 0.6) is 0 Å². The standard InChI is InChI=1S/C15H20F4N2/c1-21(9-10-3-2-4-10)14(8-20)11-5-6-13(16)12(7-11)15(17,18)19/h5-7,10,14H,2-4,8-9,20H2,1H3. The maximum absolute atomic E-state index is 13.3. The van der Waals surface area contributed by atoms with E-state index in [0.717, 1.165) is 31.5 Å². The molecule has 0 amide bonds. The van der Waals surface area contributed by atoms with Gasteiger partial charge in [0.1, 0.15) is 5.82 Å². The molecule has 0 bridgehead atoms. The van der Waals surface area contributed by atoms with Crippen LogP contribution in [0.15, 0.2) is 18.2 Å². The molecule has 0 aromatic heterocycles. The maximum Gasteiger partial charge on any atom is 0.419 e. The SMILES string of the molecule is CN(CC1CCC1)C(CN)c1ccc(F)c(C(F)(F)F)c1. The largest absolute Gasteiger partial charge is 0.419 e. The predicted octanol–water partition coefficient (Wildman–Crippen LogP) is 3.58. The van der Waals surface area contributed by atoms with Gasteiger partial charge in [-0.25, -0.2) is 4.39 Å². The zero-order chi connectivity index (χ0) is 15.6. The molecule has 0 radical (unpaired) electrons. The van der Waals surface area contributed by atoms with E-state index >= 15 is 0 Å². The number of likely N-dealkylation sites (N-methyl/N-ethyl adjacent to an activating group) is 1. The maximum atomic E-state index is 13.3. The second-order valence-electron chi connectivity index (χ2n) is 5.73. The van der Waals surface area contributed by atoms with Crippen molar-refractivity contribution in [3.8, 4) is 0 Å². The van der Waals surface area contributed by atoms with Gasteiger partial charge >= 0.3 is 6.18 Å². The first kappa shape index (κ1) is 16.2. The van der Waals surface area contributed by atoms with Gasteiger partial charge in [-0.15, -0.1) is 0 Å². The summed E-state index contributed by atoms with van der Waals surface area (Å²) in [4.78, 5) is 1.97. The van der Waals surface area contributed by atoms with E-state index in [0.29, 0.717) is 11.5 Å². The first-order valence-electron chi connectivity index (χ1n) is 7.10. The number of alkyl halides is 3. The lowest BCUT2D eigenvalue weighted by molar-refractivity contribution is -0.140. The number of halogens is 4. The molecule has 1 aliphatic rings. The first-order chi connectivity index (χ1) is 9.82. The molecule has 0 saturated heterocycles. The molecule has 2 nitrogen and oxygen atoms in total. The van der Waals surface area contributed by atoms with Crippen molar-refractivity contribution in [2.75, 3.05) is 20.1 Å². The topological polar surface area (TPSA) is 29.3 Å².